The standard InChI is InChI=1S/C14H20N4O2S/c1-11-12(10-15-2)4-3-5-13(11)21(19,20)18-7-6-14-16-8-9-17-14/h3-5,8-9,15,18H,6-7,10H2,1-2H3,(H,16,17). The quantitative estimate of drug-likeness (QED) is 0.711. The predicted molar refractivity (Wildman–Crippen MR) is 81.4 cm³/mol. The number of rotatable bonds is 7. The van der Waals surface area contributed by atoms with E-state index in [1.807, 2.05) is 20.0 Å². The molecule has 2 aromatic rings. The van der Waals surface area contributed by atoms with E-state index in [-0.39, 0.29) is 0 Å². The molecule has 1 aromatic heterocycles. The van der Waals surface area contributed by atoms with Crippen molar-refractivity contribution in [2.75, 3.05) is 13.6 Å². The summed E-state index contributed by atoms with van der Waals surface area (Å²) in [6.07, 6.45) is 3.89. The zero-order valence-electron chi connectivity index (χ0n) is 12.2. The van der Waals surface area contributed by atoms with Crippen molar-refractivity contribution in [2.24, 2.45) is 0 Å². The average molecular weight is 308 g/mol. The summed E-state index contributed by atoms with van der Waals surface area (Å²) in [6, 6.07) is 5.32. The Balaban J connectivity index is 2.10. The molecule has 0 aliphatic heterocycles. The fourth-order valence-corrected chi connectivity index (χ4v) is 3.47. The highest BCUT2D eigenvalue weighted by molar-refractivity contribution is 7.89. The van der Waals surface area contributed by atoms with Crippen LogP contribution in [-0.4, -0.2) is 32.0 Å². The third-order valence-corrected chi connectivity index (χ3v) is 4.87. The smallest absolute Gasteiger partial charge is 0.240 e. The van der Waals surface area contributed by atoms with E-state index in [4.69, 9.17) is 0 Å². The highest BCUT2D eigenvalue weighted by Gasteiger charge is 2.17. The van der Waals surface area contributed by atoms with Crippen molar-refractivity contribution in [3.63, 3.8) is 0 Å². The first-order valence-electron chi connectivity index (χ1n) is 6.75. The molecule has 21 heavy (non-hydrogen) atoms. The Hall–Kier alpha value is -1.70. The summed E-state index contributed by atoms with van der Waals surface area (Å²) >= 11 is 0. The number of benzene rings is 1. The minimum absolute atomic E-state index is 0.311. The fourth-order valence-electron chi connectivity index (χ4n) is 2.15. The maximum Gasteiger partial charge on any atom is 0.240 e. The van der Waals surface area contributed by atoms with Gasteiger partial charge in [0.2, 0.25) is 10.0 Å². The van der Waals surface area contributed by atoms with Crippen LogP contribution in [0.5, 0.6) is 0 Å². The molecule has 6 nitrogen and oxygen atoms in total. The third kappa shape index (κ3) is 3.90. The monoisotopic (exact) mass is 308 g/mol. The second-order valence-corrected chi connectivity index (χ2v) is 6.49. The van der Waals surface area contributed by atoms with Crippen LogP contribution in [0.1, 0.15) is 17.0 Å². The van der Waals surface area contributed by atoms with Crippen LogP contribution in [0, 0.1) is 6.92 Å². The van der Waals surface area contributed by atoms with E-state index in [0.717, 1.165) is 17.0 Å². The normalized spacial score (nSPS) is 11.7. The second-order valence-electron chi connectivity index (χ2n) is 4.75. The van der Waals surface area contributed by atoms with Gasteiger partial charge in [0.1, 0.15) is 5.82 Å². The number of imidazole rings is 1. The van der Waals surface area contributed by atoms with Crippen molar-refractivity contribution in [2.45, 2.75) is 24.8 Å². The molecule has 0 spiro atoms. The Morgan fingerprint density at radius 3 is 2.81 bits per heavy atom. The number of nitrogens with zero attached hydrogens (tertiary/aromatic N) is 1. The number of sulfonamides is 1. The van der Waals surface area contributed by atoms with Gasteiger partial charge in [-0.25, -0.2) is 18.1 Å². The van der Waals surface area contributed by atoms with Crippen molar-refractivity contribution >= 4 is 10.0 Å². The Labute approximate surface area is 125 Å². The predicted octanol–water partition coefficient (Wildman–Crippen LogP) is 0.959. The van der Waals surface area contributed by atoms with E-state index in [9.17, 15) is 8.42 Å². The van der Waals surface area contributed by atoms with Crippen LogP contribution >= 0.6 is 0 Å². The first kappa shape index (κ1) is 15.7. The molecule has 0 saturated carbocycles. The van der Waals surface area contributed by atoms with Gasteiger partial charge in [0.25, 0.3) is 0 Å². The van der Waals surface area contributed by atoms with Crippen LogP contribution in [-0.2, 0) is 23.0 Å². The van der Waals surface area contributed by atoms with Crippen LogP contribution in [0.3, 0.4) is 0 Å². The number of nitrogens with one attached hydrogen (secondary N) is 3. The van der Waals surface area contributed by atoms with Crippen LogP contribution in [0.25, 0.3) is 0 Å². The summed E-state index contributed by atoms with van der Waals surface area (Å²) in [4.78, 5) is 7.34. The van der Waals surface area contributed by atoms with Gasteiger partial charge in [-0.15, -0.1) is 0 Å². The molecule has 1 heterocycles. The molecule has 0 amide bonds. The van der Waals surface area contributed by atoms with Gasteiger partial charge in [0, 0.05) is 31.9 Å². The summed E-state index contributed by atoms with van der Waals surface area (Å²) in [6.45, 7) is 2.78. The second kappa shape index (κ2) is 6.84. The molecule has 0 saturated heterocycles. The van der Waals surface area contributed by atoms with Gasteiger partial charge in [0.15, 0.2) is 0 Å². The van der Waals surface area contributed by atoms with Crippen molar-refractivity contribution in [1.82, 2.24) is 20.0 Å². The molecule has 0 atom stereocenters. The molecule has 0 aliphatic carbocycles. The Kier molecular flexibility index (Phi) is 5.11. The number of hydrogen-bond acceptors (Lipinski definition) is 4. The first-order valence-corrected chi connectivity index (χ1v) is 8.24. The lowest BCUT2D eigenvalue weighted by molar-refractivity contribution is 0.580. The van der Waals surface area contributed by atoms with E-state index in [1.54, 1.807) is 24.5 Å². The number of hydrogen-bond donors (Lipinski definition) is 3. The zero-order valence-corrected chi connectivity index (χ0v) is 13.0. The van der Waals surface area contributed by atoms with Crippen molar-refractivity contribution in [3.8, 4) is 0 Å². The fraction of sp³-hybridized carbons (Fsp3) is 0.357. The molecule has 7 heteroatoms. The summed E-state index contributed by atoms with van der Waals surface area (Å²) in [7, 11) is -1.67. The van der Waals surface area contributed by atoms with E-state index in [2.05, 4.69) is 20.0 Å². The van der Waals surface area contributed by atoms with E-state index in [0.29, 0.717) is 24.4 Å². The van der Waals surface area contributed by atoms with E-state index >= 15 is 0 Å². The lowest BCUT2D eigenvalue weighted by Crippen LogP contribution is -2.27. The van der Waals surface area contributed by atoms with Crippen molar-refractivity contribution in [1.29, 1.82) is 0 Å². The summed E-state index contributed by atoms with van der Waals surface area (Å²) in [5, 5.41) is 3.04. The number of aromatic amines is 1. The zero-order chi connectivity index (χ0) is 15.3. The third-order valence-electron chi connectivity index (χ3n) is 3.26. The largest absolute Gasteiger partial charge is 0.349 e. The van der Waals surface area contributed by atoms with Crippen LogP contribution < -0.4 is 10.0 Å². The molecule has 0 fully saturated rings. The molecule has 0 radical (unpaired) electrons. The summed E-state index contributed by atoms with van der Waals surface area (Å²) in [5.41, 5.74) is 1.75. The maximum atomic E-state index is 12.4. The highest BCUT2D eigenvalue weighted by Crippen LogP contribution is 2.18. The number of H-pyrrole nitrogens is 1. The summed E-state index contributed by atoms with van der Waals surface area (Å²) in [5.74, 6) is 0.762. The molecule has 1 aromatic carbocycles. The van der Waals surface area contributed by atoms with Crippen molar-refractivity contribution < 1.29 is 8.42 Å². The lowest BCUT2D eigenvalue weighted by atomic mass is 10.1. The Morgan fingerprint density at radius 1 is 1.33 bits per heavy atom. The highest BCUT2D eigenvalue weighted by atomic mass is 32.2. The average Bonchev–Trinajstić information content (AvgIpc) is 2.94. The summed E-state index contributed by atoms with van der Waals surface area (Å²) < 4.78 is 27.4. The van der Waals surface area contributed by atoms with Gasteiger partial charge >= 0.3 is 0 Å². The molecule has 114 valence electrons. The molecule has 2 rings (SSSR count). The first-order chi connectivity index (χ1) is 10.0. The van der Waals surface area contributed by atoms with E-state index < -0.39 is 10.0 Å². The minimum Gasteiger partial charge on any atom is -0.349 e. The topological polar surface area (TPSA) is 86.9 Å². The number of aromatic nitrogens is 2. The molecule has 0 bridgehead atoms. The molecule has 0 unspecified atom stereocenters. The molecular weight excluding hydrogens is 288 g/mol. The van der Waals surface area contributed by atoms with Gasteiger partial charge < -0.3 is 10.3 Å². The Morgan fingerprint density at radius 2 is 2.14 bits per heavy atom. The molecule has 3 N–H and O–H groups in total. The van der Waals surface area contributed by atoms with Crippen LogP contribution in [0.4, 0.5) is 0 Å². The van der Waals surface area contributed by atoms with Gasteiger partial charge in [-0.2, -0.15) is 0 Å². The van der Waals surface area contributed by atoms with E-state index in [1.165, 1.54) is 0 Å². The maximum absolute atomic E-state index is 12.4. The lowest BCUT2D eigenvalue weighted by Gasteiger charge is -2.12. The molecular formula is C14H20N4O2S. The molecule has 0 aliphatic rings. The van der Waals surface area contributed by atoms with Crippen molar-refractivity contribution in [3.05, 3.63) is 47.5 Å². The van der Waals surface area contributed by atoms with Crippen LogP contribution in [0.15, 0.2) is 35.5 Å². The van der Waals surface area contributed by atoms with Gasteiger partial charge in [-0.05, 0) is 31.2 Å². The van der Waals surface area contributed by atoms with Gasteiger partial charge in [-0.3, -0.25) is 0 Å². The SMILES string of the molecule is CNCc1cccc(S(=O)(=O)NCCc2ncc[nH]2)c1C. The van der Waals surface area contributed by atoms with Gasteiger partial charge in [0.05, 0.1) is 4.90 Å². The van der Waals surface area contributed by atoms with Gasteiger partial charge in [-0.1, -0.05) is 12.1 Å². The van der Waals surface area contributed by atoms with Crippen LogP contribution in [0.2, 0.25) is 0 Å². The Bertz CT molecular complexity index is 681. The minimum atomic E-state index is -3.50.